The van der Waals surface area contributed by atoms with Crippen LogP contribution in [0.1, 0.15) is 5.56 Å². The molecule has 2 rings (SSSR count). The number of hydrogen-bond donors (Lipinski definition) is 0. The Hall–Kier alpha value is -1.22. The van der Waals surface area contributed by atoms with Crippen molar-refractivity contribution in [1.82, 2.24) is 0 Å². The highest BCUT2D eigenvalue weighted by atomic mass is 35.5. The molecule has 0 radical (unpaired) electrons. The Morgan fingerprint density at radius 3 is 2.55 bits per heavy atom. The molecular weight excluding hydrogens is 319 g/mol. The minimum Gasteiger partial charge on any atom is -0.486 e. The van der Waals surface area contributed by atoms with E-state index in [4.69, 9.17) is 39.5 Å². The summed E-state index contributed by atoms with van der Waals surface area (Å²) in [6.07, 6.45) is 0.181. The third-order valence-corrected chi connectivity index (χ3v) is 3.71. The van der Waals surface area contributed by atoms with E-state index in [1.54, 1.807) is 42.5 Å². The summed E-state index contributed by atoms with van der Waals surface area (Å²) in [5.41, 5.74) is 0.693. The number of benzene rings is 2. The maximum Gasteiger partial charge on any atom is 0.174 e. The lowest BCUT2D eigenvalue weighted by Gasteiger charge is -2.07. The number of ketones is 1. The first-order valence-corrected chi connectivity index (χ1v) is 7.02. The molecule has 0 atom stereocenters. The fraction of sp³-hybridized carbons (Fsp3) is 0.133. The summed E-state index contributed by atoms with van der Waals surface area (Å²) in [4.78, 5) is 11.9. The van der Waals surface area contributed by atoms with Crippen molar-refractivity contribution in [2.45, 2.75) is 6.42 Å². The molecule has 0 aliphatic heterocycles. The van der Waals surface area contributed by atoms with Crippen LogP contribution in [0.15, 0.2) is 42.5 Å². The zero-order valence-electron chi connectivity index (χ0n) is 10.4. The SMILES string of the molecule is O=C(COc1cccc(Cl)c1)Cc1cccc(Cl)c1Cl. The van der Waals surface area contributed by atoms with Gasteiger partial charge in [0.25, 0.3) is 0 Å². The zero-order valence-corrected chi connectivity index (χ0v) is 12.7. The van der Waals surface area contributed by atoms with Crippen molar-refractivity contribution in [3.63, 3.8) is 0 Å². The summed E-state index contributed by atoms with van der Waals surface area (Å²) >= 11 is 17.8. The Balaban J connectivity index is 1.94. The number of halogens is 3. The number of carbonyl (C=O) groups is 1. The van der Waals surface area contributed by atoms with E-state index in [0.29, 0.717) is 26.4 Å². The first-order valence-electron chi connectivity index (χ1n) is 5.89. The first kappa shape index (κ1) is 15.2. The molecule has 0 heterocycles. The minimum atomic E-state index is -0.0888. The number of rotatable bonds is 5. The smallest absolute Gasteiger partial charge is 0.174 e. The van der Waals surface area contributed by atoms with Crippen molar-refractivity contribution in [3.05, 3.63) is 63.1 Å². The van der Waals surface area contributed by atoms with E-state index < -0.39 is 0 Å². The average Bonchev–Trinajstić information content (AvgIpc) is 2.42. The lowest BCUT2D eigenvalue weighted by molar-refractivity contribution is -0.120. The molecule has 0 saturated heterocycles. The van der Waals surface area contributed by atoms with Gasteiger partial charge in [0.1, 0.15) is 12.4 Å². The quantitative estimate of drug-likeness (QED) is 0.785. The number of hydrogen-bond acceptors (Lipinski definition) is 2. The summed E-state index contributed by atoms with van der Waals surface area (Å²) in [6, 6.07) is 12.1. The van der Waals surface area contributed by atoms with Gasteiger partial charge in [-0.15, -0.1) is 0 Å². The van der Waals surface area contributed by atoms with E-state index in [-0.39, 0.29) is 18.8 Å². The number of carbonyl (C=O) groups excluding carboxylic acids is 1. The maximum absolute atomic E-state index is 11.9. The lowest BCUT2D eigenvalue weighted by Crippen LogP contribution is -2.14. The fourth-order valence-corrected chi connectivity index (χ4v) is 2.24. The molecule has 2 aromatic rings. The molecule has 104 valence electrons. The van der Waals surface area contributed by atoms with Crippen LogP contribution in [0, 0.1) is 0 Å². The Morgan fingerprint density at radius 1 is 1.05 bits per heavy atom. The predicted octanol–water partition coefficient (Wildman–Crippen LogP) is 4.84. The molecule has 0 bridgehead atoms. The van der Waals surface area contributed by atoms with Crippen LogP contribution in [-0.2, 0) is 11.2 Å². The molecular formula is C15H11Cl3O2. The van der Waals surface area contributed by atoms with Gasteiger partial charge in [0, 0.05) is 11.4 Å². The Bertz CT molecular complexity index is 626. The monoisotopic (exact) mass is 328 g/mol. The Morgan fingerprint density at radius 2 is 1.80 bits per heavy atom. The van der Waals surface area contributed by atoms with Crippen molar-refractivity contribution in [2.24, 2.45) is 0 Å². The van der Waals surface area contributed by atoms with Gasteiger partial charge in [0.05, 0.1) is 10.0 Å². The van der Waals surface area contributed by atoms with Crippen LogP contribution in [0.4, 0.5) is 0 Å². The molecule has 2 aromatic carbocycles. The van der Waals surface area contributed by atoms with Gasteiger partial charge in [0.2, 0.25) is 0 Å². The van der Waals surface area contributed by atoms with Crippen molar-refractivity contribution >= 4 is 40.6 Å². The molecule has 0 spiro atoms. The van der Waals surface area contributed by atoms with Gasteiger partial charge >= 0.3 is 0 Å². The van der Waals surface area contributed by atoms with E-state index in [1.165, 1.54) is 0 Å². The summed E-state index contributed by atoms with van der Waals surface area (Å²) in [6.45, 7) is -0.0385. The third-order valence-electron chi connectivity index (χ3n) is 2.62. The molecule has 0 amide bonds. The molecule has 0 aromatic heterocycles. The Labute approximate surface area is 132 Å². The van der Waals surface area contributed by atoms with Gasteiger partial charge in [-0.2, -0.15) is 0 Å². The topological polar surface area (TPSA) is 26.3 Å². The van der Waals surface area contributed by atoms with Crippen molar-refractivity contribution in [3.8, 4) is 5.75 Å². The molecule has 0 saturated carbocycles. The van der Waals surface area contributed by atoms with Crippen LogP contribution in [0.25, 0.3) is 0 Å². The van der Waals surface area contributed by atoms with Crippen molar-refractivity contribution in [2.75, 3.05) is 6.61 Å². The van der Waals surface area contributed by atoms with Gasteiger partial charge < -0.3 is 4.74 Å². The third kappa shape index (κ3) is 4.14. The molecule has 0 N–H and O–H groups in total. The molecule has 2 nitrogen and oxygen atoms in total. The highest BCUT2D eigenvalue weighted by Gasteiger charge is 2.10. The fourth-order valence-electron chi connectivity index (χ4n) is 1.67. The second-order valence-electron chi connectivity index (χ2n) is 4.17. The second-order valence-corrected chi connectivity index (χ2v) is 5.40. The minimum absolute atomic E-state index is 0.0385. The summed E-state index contributed by atoms with van der Waals surface area (Å²) in [5, 5.41) is 1.41. The molecule has 20 heavy (non-hydrogen) atoms. The Kier molecular flexibility index (Phi) is 5.30. The largest absolute Gasteiger partial charge is 0.486 e. The highest BCUT2D eigenvalue weighted by molar-refractivity contribution is 6.42. The molecule has 0 aliphatic rings. The van der Waals surface area contributed by atoms with Crippen LogP contribution < -0.4 is 4.74 Å². The van der Waals surface area contributed by atoms with Gasteiger partial charge in [-0.3, -0.25) is 4.79 Å². The van der Waals surface area contributed by atoms with Crippen LogP contribution in [0.3, 0.4) is 0 Å². The van der Waals surface area contributed by atoms with Gasteiger partial charge in [0.15, 0.2) is 5.78 Å². The van der Waals surface area contributed by atoms with E-state index in [2.05, 4.69) is 0 Å². The average molecular weight is 330 g/mol. The van der Waals surface area contributed by atoms with Crippen LogP contribution in [0.2, 0.25) is 15.1 Å². The van der Waals surface area contributed by atoms with Crippen LogP contribution in [-0.4, -0.2) is 12.4 Å². The standard InChI is InChI=1S/C15H11Cl3O2/c16-11-4-2-5-13(8-11)20-9-12(19)7-10-3-1-6-14(17)15(10)18/h1-6,8H,7,9H2. The summed E-state index contributed by atoms with van der Waals surface area (Å²) in [7, 11) is 0. The number of ether oxygens (including phenoxy) is 1. The van der Waals surface area contributed by atoms with E-state index in [1.807, 2.05) is 0 Å². The molecule has 5 heteroatoms. The molecule has 0 aliphatic carbocycles. The van der Waals surface area contributed by atoms with Crippen molar-refractivity contribution in [1.29, 1.82) is 0 Å². The normalized spacial score (nSPS) is 10.3. The zero-order chi connectivity index (χ0) is 14.5. The summed E-state index contributed by atoms with van der Waals surface area (Å²) < 4.78 is 5.38. The van der Waals surface area contributed by atoms with Crippen LogP contribution >= 0.6 is 34.8 Å². The maximum atomic E-state index is 11.9. The van der Waals surface area contributed by atoms with E-state index in [9.17, 15) is 4.79 Å². The van der Waals surface area contributed by atoms with Crippen LogP contribution in [0.5, 0.6) is 5.75 Å². The first-order chi connectivity index (χ1) is 9.56. The van der Waals surface area contributed by atoms with Gasteiger partial charge in [-0.1, -0.05) is 53.0 Å². The highest BCUT2D eigenvalue weighted by Crippen LogP contribution is 2.26. The van der Waals surface area contributed by atoms with E-state index in [0.717, 1.165) is 0 Å². The second kappa shape index (κ2) is 6.98. The lowest BCUT2D eigenvalue weighted by atomic mass is 10.1. The summed E-state index contributed by atoms with van der Waals surface area (Å²) in [5.74, 6) is 0.470. The van der Waals surface area contributed by atoms with Gasteiger partial charge in [-0.25, -0.2) is 0 Å². The molecule has 0 fully saturated rings. The van der Waals surface area contributed by atoms with Crippen molar-refractivity contribution < 1.29 is 9.53 Å². The molecule has 0 unspecified atom stereocenters. The van der Waals surface area contributed by atoms with E-state index >= 15 is 0 Å². The van der Waals surface area contributed by atoms with Gasteiger partial charge in [-0.05, 0) is 29.8 Å². The predicted molar refractivity (Wildman–Crippen MR) is 82.1 cm³/mol. The number of Topliss-reactive ketones (excluding diaryl/α,β-unsaturated/α-hetero) is 1.